The molecule has 7 nitrogen and oxygen atoms in total. The summed E-state index contributed by atoms with van der Waals surface area (Å²) in [6.45, 7) is 3.93. The molecule has 2 N–H and O–H groups in total. The Labute approximate surface area is 186 Å². The summed E-state index contributed by atoms with van der Waals surface area (Å²) >= 11 is 0. The molecule has 4 heterocycles. The Morgan fingerprint density at radius 3 is 2.62 bits per heavy atom. The molecule has 0 bridgehead atoms. The zero-order valence-corrected chi connectivity index (χ0v) is 18.1. The first-order valence-electron chi connectivity index (χ1n) is 10.9. The number of carbonyl (C=O) groups is 1. The molecule has 32 heavy (non-hydrogen) atoms. The number of likely N-dealkylation sites (tertiary alicyclic amines) is 1. The molecule has 5 rings (SSSR count). The van der Waals surface area contributed by atoms with Gasteiger partial charge in [-0.3, -0.25) is 9.78 Å². The fourth-order valence-corrected chi connectivity index (χ4v) is 4.54. The zero-order valence-electron chi connectivity index (χ0n) is 18.1. The zero-order chi connectivity index (χ0) is 22.1. The minimum Gasteiger partial charge on any atom is -0.368 e. The van der Waals surface area contributed by atoms with Gasteiger partial charge in [0.05, 0.1) is 0 Å². The van der Waals surface area contributed by atoms with Gasteiger partial charge in [-0.15, -0.1) is 0 Å². The number of nitrogens with zero attached hydrogens (tertiary/aromatic N) is 5. The minimum atomic E-state index is 0.162. The normalized spacial score (nSPS) is 16.4. The Bertz CT molecular complexity index is 1250. The number of nitrogen functional groups attached to an aromatic ring is 1. The van der Waals surface area contributed by atoms with Crippen LogP contribution >= 0.6 is 0 Å². The first kappa shape index (κ1) is 20.2. The Kier molecular flexibility index (Phi) is 5.31. The third kappa shape index (κ3) is 3.93. The lowest BCUT2D eigenvalue weighted by Gasteiger charge is -2.33. The lowest BCUT2D eigenvalue weighted by molar-refractivity contribution is -0.133. The van der Waals surface area contributed by atoms with E-state index in [1.807, 2.05) is 35.4 Å². The number of hydrogen-bond donors (Lipinski definition) is 1. The second-order valence-electron chi connectivity index (χ2n) is 8.41. The predicted octanol–water partition coefficient (Wildman–Crippen LogP) is 3.79. The number of fused-ring (bicyclic) bond motifs is 1. The quantitative estimate of drug-likeness (QED) is 0.536. The Balaban J connectivity index is 1.29. The summed E-state index contributed by atoms with van der Waals surface area (Å²) in [6.07, 6.45) is 7.27. The molecule has 0 unspecified atom stereocenters. The van der Waals surface area contributed by atoms with Crippen molar-refractivity contribution in [3.63, 3.8) is 0 Å². The minimum absolute atomic E-state index is 0.162. The summed E-state index contributed by atoms with van der Waals surface area (Å²) in [5.74, 6) is 0.662. The first-order valence-corrected chi connectivity index (χ1v) is 10.9. The van der Waals surface area contributed by atoms with Crippen LogP contribution in [0.4, 0.5) is 5.95 Å². The van der Waals surface area contributed by atoms with Gasteiger partial charge in [0.15, 0.2) is 0 Å². The lowest BCUT2D eigenvalue weighted by Crippen LogP contribution is -2.41. The summed E-state index contributed by atoms with van der Waals surface area (Å²) < 4.78 is 2.11. The van der Waals surface area contributed by atoms with Crippen LogP contribution in [0.15, 0.2) is 61.1 Å². The summed E-state index contributed by atoms with van der Waals surface area (Å²) in [5, 5.41) is 1.17. The van der Waals surface area contributed by atoms with Crippen molar-refractivity contribution in [1.82, 2.24) is 24.4 Å². The number of para-hydroxylation sites is 1. The second-order valence-corrected chi connectivity index (χ2v) is 8.41. The molecule has 3 aromatic heterocycles. The topological polar surface area (TPSA) is 89.9 Å². The van der Waals surface area contributed by atoms with Gasteiger partial charge in [-0.2, -0.15) is 0 Å². The van der Waals surface area contributed by atoms with Crippen molar-refractivity contribution in [3.05, 3.63) is 72.4 Å². The maximum Gasteiger partial charge on any atom is 0.242 e. The van der Waals surface area contributed by atoms with E-state index in [-0.39, 0.29) is 17.8 Å². The maximum absolute atomic E-state index is 13.2. The van der Waals surface area contributed by atoms with Gasteiger partial charge < -0.3 is 15.2 Å². The van der Waals surface area contributed by atoms with Gasteiger partial charge >= 0.3 is 0 Å². The van der Waals surface area contributed by atoms with E-state index in [1.54, 1.807) is 12.4 Å². The number of aryl methyl sites for hydroxylation is 1. The van der Waals surface area contributed by atoms with Crippen LogP contribution in [-0.4, -0.2) is 43.4 Å². The average Bonchev–Trinajstić information content (AvgIpc) is 3.14. The van der Waals surface area contributed by atoms with Crippen molar-refractivity contribution in [3.8, 4) is 11.1 Å². The SMILES string of the molecule is Cc1cc2ccccc2n1CC(=O)N1CCC[C@@H](c2ccc(-c3cnc(N)nc3)cn2)C1. The highest BCUT2D eigenvalue weighted by Crippen LogP contribution is 2.28. The third-order valence-corrected chi connectivity index (χ3v) is 6.29. The fraction of sp³-hybridized carbons (Fsp3) is 0.280. The van der Waals surface area contributed by atoms with E-state index in [1.165, 1.54) is 5.39 Å². The molecule has 0 spiro atoms. The molecule has 1 atom stereocenters. The predicted molar refractivity (Wildman–Crippen MR) is 125 cm³/mol. The largest absolute Gasteiger partial charge is 0.368 e. The van der Waals surface area contributed by atoms with Crippen molar-refractivity contribution in [1.29, 1.82) is 0 Å². The van der Waals surface area contributed by atoms with Gasteiger partial charge in [-0.1, -0.05) is 24.3 Å². The molecule has 7 heteroatoms. The van der Waals surface area contributed by atoms with E-state index < -0.39 is 0 Å². The first-order chi connectivity index (χ1) is 15.6. The molecule has 1 fully saturated rings. The van der Waals surface area contributed by atoms with Gasteiger partial charge in [0.2, 0.25) is 11.9 Å². The monoisotopic (exact) mass is 426 g/mol. The van der Waals surface area contributed by atoms with E-state index in [0.717, 1.165) is 47.4 Å². The molecule has 1 aliphatic rings. The number of benzene rings is 1. The van der Waals surface area contributed by atoms with Crippen LogP contribution in [0.2, 0.25) is 0 Å². The second kappa shape index (κ2) is 8.42. The number of anilines is 1. The highest BCUT2D eigenvalue weighted by molar-refractivity contribution is 5.84. The highest BCUT2D eigenvalue weighted by Gasteiger charge is 2.26. The smallest absolute Gasteiger partial charge is 0.242 e. The van der Waals surface area contributed by atoms with Crippen LogP contribution in [-0.2, 0) is 11.3 Å². The van der Waals surface area contributed by atoms with Crippen LogP contribution in [0.1, 0.15) is 30.1 Å². The maximum atomic E-state index is 13.2. The number of nitrogens with two attached hydrogens (primary N) is 1. The van der Waals surface area contributed by atoms with Gasteiger partial charge in [0.1, 0.15) is 6.54 Å². The number of aromatic nitrogens is 4. The summed E-state index contributed by atoms with van der Waals surface area (Å²) in [6, 6.07) is 14.4. The number of pyridine rings is 1. The number of rotatable bonds is 4. The van der Waals surface area contributed by atoms with E-state index in [4.69, 9.17) is 10.7 Å². The summed E-state index contributed by atoms with van der Waals surface area (Å²) in [5.41, 5.74) is 10.6. The summed E-state index contributed by atoms with van der Waals surface area (Å²) in [7, 11) is 0. The fourth-order valence-electron chi connectivity index (χ4n) is 4.54. The van der Waals surface area contributed by atoms with Crippen LogP contribution in [0.5, 0.6) is 0 Å². The van der Waals surface area contributed by atoms with Crippen molar-refractivity contribution in [2.75, 3.05) is 18.8 Å². The molecule has 0 aliphatic carbocycles. The molecule has 4 aromatic rings. The molecular weight excluding hydrogens is 400 g/mol. The van der Waals surface area contributed by atoms with Crippen LogP contribution in [0.25, 0.3) is 22.0 Å². The Hall–Kier alpha value is -3.74. The molecule has 1 aromatic carbocycles. The van der Waals surface area contributed by atoms with E-state index in [2.05, 4.69) is 39.7 Å². The molecule has 162 valence electrons. The van der Waals surface area contributed by atoms with Crippen molar-refractivity contribution < 1.29 is 4.79 Å². The highest BCUT2D eigenvalue weighted by atomic mass is 16.2. The third-order valence-electron chi connectivity index (χ3n) is 6.29. The van der Waals surface area contributed by atoms with E-state index in [9.17, 15) is 4.79 Å². The molecule has 1 saturated heterocycles. The number of carbonyl (C=O) groups excluding carboxylic acids is 1. The van der Waals surface area contributed by atoms with Crippen LogP contribution < -0.4 is 5.73 Å². The Morgan fingerprint density at radius 2 is 1.84 bits per heavy atom. The van der Waals surface area contributed by atoms with E-state index in [0.29, 0.717) is 13.1 Å². The van der Waals surface area contributed by atoms with E-state index >= 15 is 0 Å². The van der Waals surface area contributed by atoms with Crippen LogP contribution in [0, 0.1) is 6.92 Å². The van der Waals surface area contributed by atoms with Crippen molar-refractivity contribution in [2.45, 2.75) is 32.2 Å². The standard InChI is InChI=1S/C25H26N6O/c1-17-11-18-5-2-3-7-23(18)31(17)16-24(32)30-10-4-6-20(15-30)22-9-8-19(12-27-22)21-13-28-25(26)29-14-21/h2-3,5,7-9,11-14,20H,4,6,10,15-16H2,1H3,(H2,26,28,29)/t20-/m1/s1. The van der Waals surface area contributed by atoms with Crippen molar-refractivity contribution in [2.24, 2.45) is 0 Å². The molecule has 0 saturated carbocycles. The Morgan fingerprint density at radius 1 is 1.06 bits per heavy atom. The van der Waals surface area contributed by atoms with Gasteiger partial charge in [-0.05, 0) is 43.4 Å². The number of hydrogen-bond acceptors (Lipinski definition) is 5. The van der Waals surface area contributed by atoms with Gasteiger partial charge in [-0.25, -0.2) is 9.97 Å². The van der Waals surface area contributed by atoms with Crippen molar-refractivity contribution >= 4 is 22.8 Å². The number of amides is 1. The molecular formula is C25H26N6O. The molecule has 1 amide bonds. The average molecular weight is 427 g/mol. The lowest BCUT2D eigenvalue weighted by atomic mass is 9.93. The summed E-state index contributed by atoms with van der Waals surface area (Å²) in [4.78, 5) is 27.9. The van der Waals surface area contributed by atoms with Crippen LogP contribution in [0.3, 0.4) is 0 Å². The number of piperidine rings is 1. The molecule has 1 aliphatic heterocycles. The van der Waals surface area contributed by atoms with Gasteiger partial charge in [0.25, 0.3) is 0 Å². The molecule has 0 radical (unpaired) electrons. The van der Waals surface area contributed by atoms with Gasteiger partial charge in [0, 0.05) is 65.6 Å².